The first kappa shape index (κ1) is 16.6. The highest BCUT2D eigenvalue weighted by Crippen LogP contribution is 2.19. The van der Waals surface area contributed by atoms with E-state index in [0.717, 1.165) is 25.2 Å². The Morgan fingerprint density at radius 1 is 1.25 bits per heavy atom. The molecule has 0 bridgehead atoms. The van der Waals surface area contributed by atoms with Gasteiger partial charge in [-0.05, 0) is 24.1 Å². The highest BCUT2D eigenvalue weighted by molar-refractivity contribution is 5.93. The zero-order valence-electron chi connectivity index (χ0n) is 13.9. The van der Waals surface area contributed by atoms with Crippen molar-refractivity contribution in [1.82, 2.24) is 15.2 Å². The van der Waals surface area contributed by atoms with Gasteiger partial charge in [-0.3, -0.25) is 14.7 Å². The van der Waals surface area contributed by atoms with E-state index < -0.39 is 0 Å². The minimum atomic E-state index is -0.168. The zero-order valence-corrected chi connectivity index (χ0v) is 13.9. The van der Waals surface area contributed by atoms with Crippen LogP contribution in [-0.4, -0.2) is 46.6 Å². The van der Waals surface area contributed by atoms with Crippen LogP contribution in [-0.2, 0) is 6.54 Å². The summed E-state index contributed by atoms with van der Waals surface area (Å²) in [6.45, 7) is 4.28. The monoisotopic (exact) mass is 325 g/mol. The van der Waals surface area contributed by atoms with Crippen molar-refractivity contribution >= 4 is 5.91 Å². The molecule has 0 aliphatic carbocycles. The number of hydrogen-bond donors (Lipinski definition) is 2. The van der Waals surface area contributed by atoms with E-state index in [-0.39, 0.29) is 24.5 Å². The van der Waals surface area contributed by atoms with Crippen LogP contribution in [0.5, 0.6) is 0 Å². The maximum atomic E-state index is 12.5. The number of benzene rings is 1. The molecule has 126 valence electrons. The summed E-state index contributed by atoms with van der Waals surface area (Å²) in [4.78, 5) is 18.9. The van der Waals surface area contributed by atoms with Crippen molar-refractivity contribution in [2.75, 3.05) is 19.7 Å². The topological polar surface area (TPSA) is 65.5 Å². The van der Waals surface area contributed by atoms with Gasteiger partial charge in [0.1, 0.15) is 5.69 Å². The maximum Gasteiger partial charge on any atom is 0.270 e. The van der Waals surface area contributed by atoms with Crippen molar-refractivity contribution < 1.29 is 9.90 Å². The Labute approximate surface area is 142 Å². The lowest BCUT2D eigenvalue weighted by Crippen LogP contribution is -2.42. The number of rotatable bonds is 5. The van der Waals surface area contributed by atoms with Gasteiger partial charge in [0.25, 0.3) is 5.91 Å². The first-order chi connectivity index (χ1) is 11.7. The average molecular weight is 325 g/mol. The van der Waals surface area contributed by atoms with Crippen molar-refractivity contribution in [2.24, 2.45) is 5.92 Å². The summed E-state index contributed by atoms with van der Waals surface area (Å²) >= 11 is 0. The van der Waals surface area contributed by atoms with Gasteiger partial charge >= 0.3 is 0 Å². The number of aliphatic hydroxyl groups excluding tert-OH is 1. The number of likely N-dealkylation sites (tertiary alicyclic amines) is 1. The molecule has 1 saturated heterocycles. The normalized spacial score (nSPS) is 20.9. The Morgan fingerprint density at radius 2 is 2.04 bits per heavy atom. The minimum Gasteiger partial charge on any atom is -0.396 e. The van der Waals surface area contributed by atoms with Crippen LogP contribution >= 0.6 is 0 Å². The van der Waals surface area contributed by atoms with Gasteiger partial charge in [0.2, 0.25) is 0 Å². The highest BCUT2D eigenvalue weighted by atomic mass is 16.3. The van der Waals surface area contributed by atoms with Crippen LogP contribution in [0, 0.1) is 12.8 Å². The average Bonchev–Trinajstić information content (AvgIpc) is 2.97. The standard InChI is InChI=1S/C19H23N3O2/c1-14-6-5-9-20-18(14)19(24)21-17-12-22(11-16(17)13-23)10-15-7-3-2-4-8-15/h2-9,16-17,23H,10-13H2,1H3,(H,21,24)/t16-,17+/m0/s1. The molecule has 24 heavy (non-hydrogen) atoms. The second-order valence-electron chi connectivity index (χ2n) is 6.37. The lowest BCUT2D eigenvalue weighted by molar-refractivity contribution is 0.0915. The minimum absolute atomic E-state index is 0.0432. The van der Waals surface area contributed by atoms with Crippen molar-refractivity contribution in [3.05, 3.63) is 65.5 Å². The molecule has 1 aromatic carbocycles. The summed E-state index contributed by atoms with van der Waals surface area (Å²) in [5.74, 6) is -0.125. The number of aryl methyl sites for hydroxylation is 1. The fourth-order valence-corrected chi connectivity index (χ4v) is 3.24. The number of pyridine rings is 1. The number of nitrogens with one attached hydrogen (secondary N) is 1. The fraction of sp³-hybridized carbons (Fsp3) is 0.368. The van der Waals surface area contributed by atoms with E-state index >= 15 is 0 Å². The molecule has 3 rings (SSSR count). The largest absolute Gasteiger partial charge is 0.396 e. The molecule has 2 aromatic rings. The fourth-order valence-electron chi connectivity index (χ4n) is 3.24. The number of carbonyl (C=O) groups is 1. The first-order valence-electron chi connectivity index (χ1n) is 8.27. The van der Waals surface area contributed by atoms with E-state index in [9.17, 15) is 9.90 Å². The summed E-state index contributed by atoms with van der Waals surface area (Å²) in [6, 6.07) is 13.9. The third kappa shape index (κ3) is 3.80. The van der Waals surface area contributed by atoms with E-state index in [1.165, 1.54) is 5.56 Å². The predicted molar refractivity (Wildman–Crippen MR) is 92.5 cm³/mol. The number of amides is 1. The van der Waals surface area contributed by atoms with Crippen LogP contribution in [0.15, 0.2) is 48.7 Å². The number of carbonyl (C=O) groups excluding carboxylic acids is 1. The van der Waals surface area contributed by atoms with E-state index in [1.807, 2.05) is 37.3 Å². The van der Waals surface area contributed by atoms with Crippen LogP contribution in [0.2, 0.25) is 0 Å². The van der Waals surface area contributed by atoms with Gasteiger partial charge in [0, 0.05) is 44.4 Å². The second kappa shape index (κ2) is 7.55. The van der Waals surface area contributed by atoms with Crippen LogP contribution in [0.4, 0.5) is 0 Å². The summed E-state index contributed by atoms with van der Waals surface area (Å²) in [7, 11) is 0. The molecule has 1 aliphatic heterocycles. The van der Waals surface area contributed by atoms with E-state index in [0.29, 0.717) is 5.69 Å². The molecule has 2 heterocycles. The van der Waals surface area contributed by atoms with Crippen LogP contribution < -0.4 is 5.32 Å². The third-order valence-electron chi connectivity index (χ3n) is 4.54. The van der Waals surface area contributed by atoms with Crippen LogP contribution in [0.3, 0.4) is 0 Å². The lowest BCUT2D eigenvalue weighted by Gasteiger charge is -2.18. The Hall–Kier alpha value is -2.24. The number of nitrogens with zero attached hydrogens (tertiary/aromatic N) is 2. The molecule has 2 atom stereocenters. The van der Waals surface area contributed by atoms with Crippen molar-refractivity contribution in [1.29, 1.82) is 0 Å². The molecular formula is C19H23N3O2. The molecule has 2 N–H and O–H groups in total. The van der Waals surface area contributed by atoms with Crippen LogP contribution in [0.25, 0.3) is 0 Å². The lowest BCUT2D eigenvalue weighted by atomic mass is 10.0. The molecule has 0 spiro atoms. The molecule has 0 unspecified atom stereocenters. The summed E-state index contributed by atoms with van der Waals surface area (Å²) in [5.41, 5.74) is 2.55. The van der Waals surface area contributed by atoms with Gasteiger partial charge in [-0.1, -0.05) is 36.4 Å². The van der Waals surface area contributed by atoms with Crippen molar-refractivity contribution in [3.8, 4) is 0 Å². The zero-order chi connectivity index (χ0) is 16.9. The van der Waals surface area contributed by atoms with Crippen molar-refractivity contribution in [2.45, 2.75) is 19.5 Å². The summed E-state index contributed by atoms with van der Waals surface area (Å²) in [5, 5.41) is 12.7. The Kier molecular flexibility index (Phi) is 5.23. The van der Waals surface area contributed by atoms with E-state index in [2.05, 4.69) is 27.3 Å². The summed E-state index contributed by atoms with van der Waals surface area (Å²) < 4.78 is 0. The number of aromatic nitrogens is 1. The summed E-state index contributed by atoms with van der Waals surface area (Å²) in [6.07, 6.45) is 1.63. The molecule has 0 saturated carbocycles. The van der Waals surface area contributed by atoms with Gasteiger partial charge in [-0.15, -0.1) is 0 Å². The molecule has 5 heteroatoms. The van der Waals surface area contributed by atoms with Gasteiger partial charge < -0.3 is 10.4 Å². The predicted octanol–water partition coefficient (Wildman–Crippen LogP) is 1.61. The molecule has 1 amide bonds. The number of hydrogen-bond acceptors (Lipinski definition) is 4. The smallest absolute Gasteiger partial charge is 0.270 e. The molecule has 0 radical (unpaired) electrons. The van der Waals surface area contributed by atoms with Crippen molar-refractivity contribution in [3.63, 3.8) is 0 Å². The van der Waals surface area contributed by atoms with Gasteiger partial charge in [0.05, 0.1) is 0 Å². The Morgan fingerprint density at radius 3 is 2.75 bits per heavy atom. The number of aliphatic hydroxyl groups is 1. The van der Waals surface area contributed by atoms with Gasteiger partial charge in [-0.25, -0.2) is 0 Å². The molecule has 5 nitrogen and oxygen atoms in total. The second-order valence-corrected chi connectivity index (χ2v) is 6.37. The van der Waals surface area contributed by atoms with E-state index in [1.54, 1.807) is 6.20 Å². The van der Waals surface area contributed by atoms with Gasteiger partial charge in [-0.2, -0.15) is 0 Å². The highest BCUT2D eigenvalue weighted by Gasteiger charge is 2.33. The molecule has 1 fully saturated rings. The SMILES string of the molecule is Cc1cccnc1C(=O)N[C@@H]1CN(Cc2ccccc2)C[C@H]1CO. The van der Waals surface area contributed by atoms with Crippen LogP contribution in [0.1, 0.15) is 21.6 Å². The Bertz CT molecular complexity index is 690. The maximum absolute atomic E-state index is 12.5. The first-order valence-corrected chi connectivity index (χ1v) is 8.27. The molecule has 1 aliphatic rings. The third-order valence-corrected chi connectivity index (χ3v) is 4.54. The van der Waals surface area contributed by atoms with E-state index in [4.69, 9.17) is 0 Å². The molecular weight excluding hydrogens is 302 g/mol. The quantitative estimate of drug-likeness (QED) is 0.877. The van der Waals surface area contributed by atoms with Gasteiger partial charge in [0.15, 0.2) is 0 Å². The molecule has 1 aromatic heterocycles. The Balaban J connectivity index is 1.65.